The van der Waals surface area contributed by atoms with Crippen molar-refractivity contribution in [2.45, 2.75) is 19.1 Å². The van der Waals surface area contributed by atoms with Crippen molar-refractivity contribution >= 4 is 10.0 Å². The van der Waals surface area contributed by atoms with Gasteiger partial charge in [0.05, 0.1) is 0 Å². The number of rotatable bonds is 2. The number of nitrogens with zero attached hydrogens (tertiary/aromatic N) is 1. The zero-order valence-electron chi connectivity index (χ0n) is 6.70. The molecule has 1 saturated heterocycles. The van der Waals surface area contributed by atoms with E-state index in [1.807, 2.05) is 6.92 Å². The highest BCUT2D eigenvalue weighted by Gasteiger charge is 2.35. The third-order valence-corrected chi connectivity index (χ3v) is 3.47. The van der Waals surface area contributed by atoms with E-state index >= 15 is 0 Å². The highest BCUT2D eigenvalue weighted by atomic mass is 32.2. The number of alkyl halides is 2. The molecule has 1 aliphatic heterocycles. The summed E-state index contributed by atoms with van der Waals surface area (Å²) < 4.78 is 46.5. The van der Waals surface area contributed by atoms with E-state index in [0.29, 0.717) is 6.42 Å². The molecule has 0 spiro atoms. The van der Waals surface area contributed by atoms with Gasteiger partial charge in [0.1, 0.15) is 0 Å². The van der Waals surface area contributed by atoms with Crippen LogP contribution in [0.1, 0.15) is 13.3 Å². The third-order valence-electron chi connectivity index (χ3n) is 1.97. The third kappa shape index (κ3) is 1.74. The number of hydrogen-bond acceptors (Lipinski definition) is 2. The number of hydrogen-bond donors (Lipinski definition) is 0. The Hall–Kier alpha value is -0.230. The quantitative estimate of drug-likeness (QED) is 0.662. The SMILES string of the molecule is C[C@H]1CCN(S(=O)(=O)C(F)F)C1. The molecule has 3 nitrogen and oxygen atoms in total. The Labute approximate surface area is 70.4 Å². The summed E-state index contributed by atoms with van der Waals surface area (Å²) in [5.41, 5.74) is 0. The van der Waals surface area contributed by atoms with Crippen LogP contribution < -0.4 is 0 Å². The smallest absolute Gasteiger partial charge is 0.206 e. The predicted molar refractivity (Wildman–Crippen MR) is 40.3 cm³/mol. The molecule has 12 heavy (non-hydrogen) atoms. The zero-order chi connectivity index (χ0) is 9.35. The van der Waals surface area contributed by atoms with Crippen LogP contribution in [0.15, 0.2) is 0 Å². The highest BCUT2D eigenvalue weighted by molar-refractivity contribution is 7.89. The van der Waals surface area contributed by atoms with Crippen molar-refractivity contribution < 1.29 is 17.2 Å². The average molecular weight is 199 g/mol. The van der Waals surface area contributed by atoms with Crippen LogP contribution in [0.4, 0.5) is 8.78 Å². The second-order valence-electron chi connectivity index (χ2n) is 3.06. The van der Waals surface area contributed by atoms with E-state index in [-0.39, 0.29) is 19.0 Å². The van der Waals surface area contributed by atoms with Crippen LogP contribution in [0.2, 0.25) is 0 Å². The fourth-order valence-electron chi connectivity index (χ4n) is 1.24. The lowest BCUT2D eigenvalue weighted by molar-refractivity contribution is 0.222. The van der Waals surface area contributed by atoms with Crippen molar-refractivity contribution in [1.29, 1.82) is 0 Å². The fraction of sp³-hybridized carbons (Fsp3) is 1.00. The Kier molecular flexibility index (Phi) is 2.67. The second-order valence-corrected chi connectivity index (χ2v) is 4.96. The van der Waals surface area contributed by atoms with E-state index < -0.39 is 15.8 Å². The van der Waals surface area contributed by atoms with Crippen molar-refractivity contribution in [1.82, 2.24) is 4.31 Å². The Balaban J connectivity index is 2.71. The van der Waals surface area contributed by atoms with Gasteiger partial charge in [-0.05, 0) is 12.3 Å². The lowest BCUT2D eigenvalue weighted by atomic mass is 10.2. The van der Waals surface area contributed by atoms with Crippen molar-refractivity contribution in [2.75, 3.05) is 13.1 Å². The van der Waals surface area contributed by atoms with Crippen LogP contribution in [0.25, 0.3) is 0 Å². The van der Waals surface area contributed by atoms with Gasteiger partial charge in [0.2, 0.25) is 0 Å². The standard InChI is InChI=1S/C6H11F2NO2S/c1-5-2-3-9(4-5)12(10,11)6(7)8/h5-6H,2-4H2,1H3/t5-/m0/s1. The normalized spacial score (nSPS) is 26.8. The molecule has 1 rings (SSSR count). The van der Waals surface area contributed by atoms with Crippen LogP contribution >= 0.6 is 0 Å². The maximum absolute atomic E-state index is 12.0. The van der Waals surface area contributed by atoms with Crippen LogP contribution in [0.3, 0.4) is 0 Å². The van der Waals surface area contributed by atoms with E-state index in [9.17, 15) is 17.2 Å². The molecule has 0 aliphatic carbocycles. The second kappa shape index (κ2) is 3.26. The molecule has 1 atom stereocenters. The van der Waals surface area contributed by atoms with Gasteiger partial charge in [0.25, 0.3) is 10.0 Å². The summed E-state index contributed by atoms with van der Waals surface area (Å²) in [6.07, 6.45) is 0.673. The van der Waals surface area contributed by atoms with E-state index in [2.05, 4.69) is 0 Å². The maximum Gasteiger partial charge on any atom is 0.350 e. The van der Waals surface area contributed by atoms with Crippen molar-refractivity contribution in [3.05, 3.63) is 0 Å². The molecular weight excluding hydrogens is 188 g/mol. The van der Waals surface area contributed by atoms with Crippen molar-refractivity contribution in [3.8, 4) is 0 Å². The van der Waals surface area contributed by atoms with Gasteiger partial charge < -0.3 is 0 Å². The summed E-state index contributed by atoms with van der Waals surface area (Å²) in [5, 5.41) is 0. The van der Waals surface area contributed by atoms with Gasteiger partial charge in [0.15, 0.2) is 0 Å². The first-order chi connectivity index (χ1) is 5.44. The summed E-state index contributed by atoms with van der Waals surface area (Å²) in [5.74, 6) is -3.08. The molecule has 0 amide bonds. The summed E-state index contributed by atoms with van der Waals surface area (Å²) in [4.78, 5) is 0. The lowest BCUT2D eigenvalue weighted by Gasteiger charge is -2.14. The largest absolute Gasteiger partial charge is 0.350 e. The Morgan fingerprint density at radius 3 is 2.42 bits per heavy atom. The molecule has 0 bridgehead atoms. The van der Waals surface area contributed by atoms with Crippen LogP contribution in [-0.4, -0.2) is 31.6 Å². The molecule has 72 valence electrons. The van der Waals surface area contributed by atoms with Gasteiger partial charge in [-0.15, -0.1) is 0 Å². The van der Waals surface area contributed by atoms with Crippen molar-refractivity contribution in [2.24, 2.45) is 5.92 Å². The topological polar surface area (TPSA) is 37.4 Å². The molecule has 0 aromatic rings. The predicted octanol–water partition coefficient (Wildman–Crippen LogP) is 0.881. The minimum absolute atomic E-state index is 0.193. The first-order valence-electron chi connectivity index (χ1n) is 3.71. The lowest BCUT2D eigenvalue weighted by Crippen LogP contribution is -2.33. The fourth-order valence-corrected chi connectivity index (χ4v) is 2.29. The Morgan fingerprint density at radius 2 is 2.08 bits per heavy atom. The molecule has 1 fully saturated rings. The molecule has 0 aromatic carbocycles. The highest BCUT2D eigenvalue weighted by Crippen LogP contribution is 2.21. The molecule has 0 N–H and O–H groups in total. The van der Waals surface area contributed by atoms with Crippen LogP contribution in [0.5, 0.6) is 0 Å². The minimum atomic E-state index is -4.31. The van der Waals surface area contributed by atoms with Crippen molar-refractivity contribution in [3.63, 3.8) is 0 Å². The van der Waals surface area contributed by atoms with Crippen LogP contribution in [-0.2, 0) is 10.0 Å². The summed E-state index contributed by atoms with van der Waals surface area (Å²) in [7, 11) is -4.31. The van der Waals surface area contributed by atoms with Gasteiger partial charge in [-0.1, -0.05) is 6.92 Å². The summed E-state index contributed by atoms with van der Waals surface area (Å²) >= 11 is 0. The minimum Gasteiger partial charge on any atom is -0.206 e. The Morgan fingerprint density at radius 1 is 1.50 bits per heavy atom. The molecule has 0 aromatic heterocycles. The molecule has 0 radical (unpaired) electrons. The van der Waals surface area contributed by atoms with E-state index in [4.69, 9.17) is 0 Å². The summed E-state index contributed by atoms with van der Waals surface area (Å²) in [6, 6.07) is 0. The average Bonchev–Trinajstić information content (AvgIpc) is 2.35. The van der Waals surface area contributed by atoms with E-state index in [1.165, 1.54) is 0 Å². The first-order valence-corrected chi connectivity index (χ1v) is 5.22. The van der Waals surface area contributed by atoms with E-state index in [1.54, 1.807) is 0 Å². The van der Waals surface area contributed by atoms with Gasteiger partial charge in [-0.25, -0.2) is 8.42 Å². The van der Waals surface area contributed by atoms with E-state index in [0.717, 1.165) is 4.31 Å². The molecule has 1 heterocycles. The maximum atomic E-state index is 12.0. The van der Waals surface area contributed by atoms with Gasteiger partial charge >= 0.3 is 5.76 Å². The first kappa shape index (κ1) is 9.85. The summed E-state index contributed by atoms with van der Waals surface area (Å²) in [6.45, 7) is 2.31. The number of halogens is 2. The molecule has 0 saturated carbocycles. The van der Waals surface area contributed by atoms with Gasteiger partial charge in [-0.3, -0.25) is 0 Å². The van der Waals surface area contributed by atoms with Gasteiger partial charge in [-0.2, -0.15) is 13.1 Å². The molecule has 6 heteroatoms. The monoisotopic (exact) mass is 199 g/mol. The van der Waals surface area contributed by atoms with Crippen LogP contribution in [0, 0.1) is 5.92 Å². The molecule has 1 aliphatic rings. The van der Waals surface area contributed by atoms with Gasteiger partial charge in [0, 0.05) is 13.1 Å². The Bertz CT molecular complexity index is 252. The molecular formula is C6H11F2NO2S. The number of sulfonamides is 1. The molecule has 0 unspecified atom stereocenters. The zero-order valence-corrected chi connectivity index (χ0v) is 7.52.